The van der Waals surface area contributed by atoms with E-state index in [0.717, 1.165) is 31.2 Å². The Morgan fingerprint density at radius 1 is 1.28 bits per heavy atom. The zero-order chi connectivity index (χ0) is 12.5. The van der Waals surface area contributed by atoms with Gasteiger partial charge < -0.3 is 10.1 Å². The van der Waals surface area contributed by atoms with E-state index in [-0.39, 0.29) is 29.8 Å². The SMILES string of the molecule is Cl.Fc1ccc(OC(F)(F)F)cc1[C@H]1CCCN1. The van der Waals surface area contributed by atoms with E-state index >= 15 is 0 Å². The molecule has 0 spiro atoms. The highest BCUT2D eigenvalue weighted by atomic mass is 35.5. The molecule has 0 saturated carbocycles. The maximum absolute atomic E-state index is 13.5. The van der Waals surface area contributed by atoms with Crippen LogP contribution in [0, 0.1) is 5.82 Å². The first kappa shape index (κ1) is 15.0. The van der Waals surface area contributed by atoms with Gasteiger partial charge in [0.15, 0.2) is 0 Å². The van der Waals surface area contributed by atoms with Crippen molar-refractivity contribution >= 4 is 12.4 Å². The number of benzene rings is 1. The smallest absolute Gasteiger partial charge is 0.406 e. The van der Waals surface area contributed by atoms with E-state index < -0.39 is 12.2 Å². The molecule has 1 atom stereocenters. The molecule has 0 bridgehead atoms. The molecular weight excluding hydrogens is 274 g/mol. The van der Waals surface area contributed by atoms with Crippen molar-refractivity contribution in [3.8, 4) is 5.75 Å². The molecule has 0 amide bonds. The Bertz CT molecular complexity index is 405. The zero-order valence-electron chi connectivity index (χ0n) is 9.26. The summed E-state index contributed by atoms with van der Waals surface area (Å²) in [6.07, 6.45) is -3.15. The Kier molecular flexibility index (Phi) is 4.81. The van der Waals surface area contributed by atoms with Gasteiger partial charge in [-0.1, -0.05) is 0 Å². The molecule has 1 aromatic rings. The van der Waals surface area contributed by atoms with Crippen LogP contribution in [0.25, 0.3) is 0 Å². The lowest BCUT2D eigenvalue weighted by Gasteiger charge is -2.14. The predicted octanol–water partition coefficient (Wildman–Crippen LogP) is 3.57. The van der Waals surface area contributed by atoms with Crippen LogP contribution in [-0.2, 0) is 0 Å². The van der Waals surface area contributed by atoms with Crippen LogP contribution in [-0.4, -0.2) is 12.9 Å². The van der Waals surface area contributed by atoms with Crippen molar-refractivity contribution in [2.45, 2.75) is 25.2 Å². The Labute approximate surface area is 108 Å². The van der Waals surface area contributed by atoms with Crippen molar-refractivity contribution in [1.29, 1.82) is 0 Å². The predicted molar refractivity (Wildman–Crippen MR) is 60.3 cm³/mol. The number of hydrogen-bond donors (Lipinski definition) is 1. The van der Waals surface area contributed by atoms with Crippen molar-refractivity contribution in [3.05, 3.63) is 29.6 Å². The third kappa shape index (κ3) is 3.74. The standard InChI is InChI=1S/C11H11F4NO.ClH/c12-9-4-3-7(17-11(13,14)15)6-8(9)10-2-1-5-16-10;/h3-4,6,10,16H,1-2,5H2;1H/t10-;/m1./s1. The van der Waals surface area contributed by atoms with Crippen molar-refractivity contribution in [3.63, 3.8) is 0 Å². The second kappa shape index (κ2) is 5.75. The van der Waals surface area contributed by atoms with E-state index in [4.69, 9.17) is 0 Å². The maximum Gasteiger partial charge on any atom is 0.573 e. The van der Waals surface area contributed by atoms with Gasteiger partial charge in [-0.15, -0.1) is 25.6 Å². The Hall–Kier alpha value is -1.01. The molecule has 18 heavy (non-hydrogen) atoms. The molecule has 0 unspecified atom stereocenters. The first-order valence-corrected chi connectivity index (χ1v) is 5.24. The van der Waals surface area contributed by atoms with Gasteiger partial charge in [0.25, 0.3) is 0 Å². The largest absolute Gasteiger partial charge is 0.573 e. The molecule has 2 nitrogen and oxygen atoms in total. The van der Waals surface area contributed by atoms with Gasteiger partial charge in [-0.2, -0.15) is 0 Å². The number of rotatable bonds is 2. The number of nitrogens with one attached hydrogen (secondary N) is 1. The molecular formula is C11H12ClF4NO. The van der Waals surface area contributed by atoms with Gasteiger partial charge in [-0.05, 0) is 37.6 Å². The molecule has 0 radical (unpaired) electrons. The number of alkyl halides is 3. The third-order valence-corrected chi connectivity index (χ3v) is 2.64. The molecule has 0 aliphatic carbocycles. The summed E-state index contributed by atoms with van der Waals surface area (Å²) in [7, 11) is 0. The molecule has 7 heteroatoms. The average Bonchev–Trinajstić information content (AvgIpc) is 2.72. The normalized spacial score (nSPS) is 19.4. The van der Waals surface area contributed by atoms with Crippen molar-refractivity contribution in [2.75, 3.05) is 6.54 Å². The summed E-state index contributed by atoms with van der Waals surface area (Å²) in [5.74, 6) is -0.901. The Morgan fingerprint density at radius 2 is 2.00 bits per heavy atom. The van der Waals surface area contributed by atoms with E-state index in [1.807, 2.05) is 0 Å². The summed E-state index contributed by atoms with van der Waals surface area (Å²) >= 11 is 0. The monoisotopic (exact) mass is 285 g/mol. The summed E-state index contributed by atoms with van der Waals surface area (Å²) in [6, 6.07) is 2.84. The van der Waals surface area contributed by atoms with Crippen molar-refractivity contribution in [2.24, 2.45) is 0 Å². The van der Waals surface area contributed by atoms with Crippen LogP contribution in [0.5, 0.6) is 5.75 Å². The Morgan fingerprint density at radius 3 is 2.56 bits per heavy atom. The number of hydrogen-bond acceptors (Lipinski definition) is 2. The van der Waals surface area contributed by atoms with E-state index in [2.05, 4.69) is 10.1 Å². The van der Waals surface area contributed by atoms with Crippen LogP contribution in [0.4, 0.5) is 17.6 Å². The fourth-order valence-electron chi connectivity index (χ4n) is 1.94. The highest BCUT2D eigenvalue weighted by molar-refractivity contribution is 5.85. The van der Waals surface area contributed by atoms with Crippen LogP contribution in [0.3, 0.4) is 0 Å². The molecule has 1 N–H and O–H groups in total. The van der Waals surface area contributed by atoms with Crippen molar-refractivity contribution in [1.82, 2.24) is 5.32 Å². The van der Waals surface area contributed by atoms with Gasteiger partial charge in [0, 0.05) is 11.6 Å². The van der Waals surface area contributed by atoms with Crippen LogP contribution in [0.2, 0.25) is 0 Å². The lowest BCUT2D eigenvalue weighted by atomic mass is 10.0. The first-order valence-electron chi connectivity index (χ1n) is 5.24. The van der Waals surface area contributed by atoms with Crippen molar-refractivity contribution < 1.29 is 22.3 Å². The van der Waals surface area contributed by atoms with Gasteiger partial charge in [-0.25, -0.2) is 4.39 Å². The average molecular weight is 286 g/mol. The molecule has 1 fully saturated rings. The molecule has 102 valence electrons. The van der Waals surface area contributed by atoms with E-state index in [0.29, 0.717) is 6.42 Å². The minimum absolute atomic E-state index is 0. The maximum atomic E-state index is 13.5. The van der Waals surface area contributed by atoms with Gasteiger partial charge in [-0.3, -0.25) is 0 Å². The fraction of sp³-hybridized carbons (Fsp3) is 0.455. The van der Waals surface area contributed by atoms with Gasteiger partial charge in [0.1, 0.15) is 11.6 Å². The Balaban J connectivity index is 0.00000162. The highest BCUT2D eigenvalue weighted by Gasteiger charge is 2.31. The summed E-state index contributed by atoms with van der Waals surface area (Å²) < 4.78 is 53.3. The minimum atomic E-state index is -4.75. The third-order valence-electron chi connectivity index (χ3n) is 2.64. The second-order valence-electron chi connectivity index (χ2n) is 3.88. The molecule has 2 rings (SSSR count). The number of halogens is 5. The molecule has 0 aromatic heterocycles. The van der Waals surface area contributed by atoms with E-state index in [9.17, 15) is 17.6 Å². The lowest BCUT2D eigenvalue weighted by molar-refractivity contribution is -0.274. The molecule has 1 heterocycles. The van der Waals surface area contributed by atoms with Crippen LogP contribution >= 0.6 is 12.4 Å². The molecule has 1 aromatic carbocycles. The summed E-state index contributed by atoms with van der Waals surface area (Å²) in [4.78, 5) is 0. The van der Waals surface area contributed by atoms with Crippen LogP contribution in [0.15, 0.2) is 18.2 Å². The van der Waals surface area contributed by atoms with Gasteiger partial charge in [0.2, 0.25) is 0 Å². The fourth-order valence-corrected chi connectivity index (χ4v) is 1.94. The molecule has 1 saturated heterocycles. The summed E-state index contributed by atoms with van der Waals surface area (Å²) in [6.45, 7) is 0.745. The molecule has 1 aliphatic heterocycles. The van der Waals surface area contributed by atoms with Crippen LogP contribution in [0.1, 0.15) is 24.4 Å². The zero-order valence-corrected chi connectivity index (χ0v) is 10.1. The van der Waals surface area contributed by atoms with Gasteiger partial charge >= 0.3 is 6.36 Å². The summed E-state index contributed by atoms with van der Waals surface area (Å²) in [5, 5.41) is 3.03. The molecule has 1 aliphatic rings. The first-order chi connectivity index (χ1) is 7.96. The highest BCUT2D eigenvalue weighted by Crippen LogP contribution is 2.30. The quantitative estimate of drug-likeness (QED) is 0.839. The van der Waals surface area contributed by atoms with Crippen LogP contribution < -0.4 is 10.1 Å². The van der Waals surface area contributed by atoms with Gasteiger partial charge in [0.05, 0.1) is 0 Å². The van der Waals surface area contributed by atoms with E-state index in [1.54, 1.807) is 0 Å². The topological polar surface area (TPSA) is 21.3 Å². The minimum Gasteiger partial charge on any atom is -0.406 e. The summed E-state index contributed by atoms with van der Waals surface area (Å²) in [5.41, 5.74) is 0.226. The number of ether oxygens (including phenoxy) is 1. The lowest BCUT2D eigenvalue weighted by Crippen LogP contribution is -2.18. The van der Waals surface area contributed by atoms with E-state index in [1.165, 1.54) is 0 Å². The second-order valence-corrected chi connectivity index (χ2v) is 3.88.